The molecule has 242 valence electrons. The maximum absolute atomic E-state index is 15.2. The van der Waals surface area contributed by atoms with Crippen LogP contribution >= 0.6 is 0 Å². The van der Waals surface area contributed by atoms with Crippen LogP contribution in [0.2, 0.25) is 0 Å². The number of aromatic amines is 1. The number of carbonyl (C=O) groups excluding carboxylic acids is 3. The number of amides is 2. The van der Waals surface area contributed by atoms with E-state index >= 15 is 8.78 Å². The number of ketones is 1. The van der Waals surface area contributed by atoms with Gasteiger partial charge >= 0.3 is 6.09 Å². The summed E-state index contributed by atoms with van der Waals surface area (Å²) in [6.07, 6.45) is 3.86. The third kappa shape index (κ3) is 4.64. The number of hydrogen-bond donors (Lipinski definition) is 2. The Bertz CT molecular complexity index is 1650. The molecular formula is C33H40F2N4O6. The number of hydrogen-bond acceptors (Lipinski definition) is 7. The molecule has 2 aromatic rings. The van der Waals surface area contributed by atoms with Gasteiger partial charge in [0.05, 0.1) is 18.1 Å². The normalized spacial score (nSPS) is 34.3. The van der Waals surface area contributed by atoms with Crippen LogP contribution in [0.3, 0.4) is 0 Å². The quantitative estimate of drug-likeness (QED) is 0.391. The summed E-state index contributed by atoms with van der Waals surface area (Å²) < 4.78 is 41.5. The minimum atomic E-state index is -3.39. The Hall–Kier alpha value is -3.57. The summed E-state index contributed by atoms with van der Waals surface area (Å²) >= 11 is 0. The number of H-pyrrole nitrogens is 1. The van der Waals surface area contributed by atoms with E-state index in [9.17, 15) is 19.2 Å². The average Bonchev–Trinajstić information content (AvgIpc) is 3.95. The van der Waals surface area contributed by atoms with Crippen molar-refractivity contribution in [1.29, 1.82) is 0 Å². The van der Waals surface area contributed by atoms with Gasteiger partial charge in [-0.15, -0.1) is 0 Å². The Balaban J connectivity index is 0.927. The van der Waals surface area contributed by atoms with Gasteiger partial charge in [-0.05, 0) is 80.2 Å². The van der Waals surface area contributed by atoms with Gasteiger partial charge in [0.25, 0.3) is 11.5 Å². The van der Waals surface area contributed by atoms with E-state index in [0.29, 0.717) is 42.5 Å². The summed E-state index contributed by atoms with van der Waals surface area (Å²) in [7, 11) is 1.48. The van der Waals surface area contributed by atoms with E-state index in [2.05, 4.69) is 22.2 Å². The number of nitrogens with one attached hydrogen (secondary N) is 2. The summed E-state index contributed by atoms with van der Waals surface area (Å²) in [5.41, 5.74) is -2.27. The third-order valence-corrected chi connectivity index (χ3v) is 12.0. The van der Waals surface area contributed by atoms with E-state index in [1.807, 2.05) is 6.92 Å². The van der Waals surface area contributed by atoms with Crippen LogP contribution < -0.4 is 15.6 Å². The summed E-state index contributed by atoms with van der Waals surface area (Å²) in [5.74, 6) is -2.01. The van der Waals surface area contributed by atoms with Gasteiger partial charge in [-0.2, -0.15) is 8.78 Å². The molecule has 12 heteroatoms. The van der Waals surface area contributed by atoms with Crippen molar-refractivity contribution in [2.75, 3.05) is 20.2 Å². The van der Waals surface area contributed by atoms with Gasteiger partial charge in [0, 0.05) is 30.9 Å². The van der Waals surface area contributed by atoms with E-state index in [-0.39, 0.29) is 53.0 Å². The minimum absolute atomic E-state index is 0.0892. The van der Waals surface area contributed by atoms with Crippen molar-refractivity contribution in [3.8, 4) is 5.75 Å². The van der Waals surface area contributed by atoms with Gasteiger partial charge in [0.1, 0.15) is 23.9 Å². The fraction of sp³-hybridized carbons (Fsp3) is 0.667. The standard InChI is InChI=1S/C33H40F2N4O6/c1-4-30(2)10-11-39(32(30)16-24(32)40)26(41)17-36-29(43)45-25-13-18-12-21(18)31(25)15-19(31)6-5-9-33(34,35)27-28(42)38-23-14-20(44-3)7-8-22(23)37-27/h7-8,14,18-19,21,25H,4-6,9-13,15-17H2,1-3H3,(H,36,43)(H,38,42). The summed E-state index contributed by atoms with van der Waals surface area (Å²) in [4.78, 5) is 59.0. The molecule has 2 spiro atoms. The summed E-state index contributed by atoms with van der Waals surface area (Å²) in [6.45, 7) is 4.37. The molecule has 7 rings (SSSR count). The van der Waals surface area contributed by atoms with Crippen LogP contribution in [0, 0.1) is 28.6 Å². The maximum atomic E-state index is 15.2. The highest BCUT2D eigenvalue weighted by Crippen LogP contribution is 2.77. The Kier molecular flexibility index (Phi) is 6.84. The van der Waals surface area contributed by atoms with Crippen LogP contribution in [0.4, 0.5) is 13.6 Å². The molecule has 4 aliphatic carbocycles. The smallest absolute Gasteiger partial charge is 0.407 e. The van der Waals surface area contributed by atoms with Crippen molar-refractivity contribution in [3.63, 3.8) is 0 Å². The first-order valence-corrected chi connectivity index (χ1v) is 16.1. The zero-order valence-electron chi connectivity index (χ0n) is 25.9. The number of benzene rings is 1. The lowest BCUT2D eigenvalue weighted by Crippen LogP contribution is -2.49. The first-order valence-electron chi connectivity index (χ1n) is 16.1. The number of likely N-dealkylation sites (tertiary alicyclic amines) is 1. The zero-order chi connectivity index (χ0) is 31.9. The van der Waals surface area contributed by atoms with Crippen molar-refractivity contribution in [3.05, 3.63) is 34.2 Å². The van der Waals surface area contributed by atoms with Gasteiger partial charge in [-0.3, -0.25) is 14.4 Å². The summed E-state index contributed by atoms with van der Waals surface area (Å²) in [5, 5.41) is 2.62. The molecule has 5 aliphatic rings. The Morgan fingerprint density at radius 3 is 2.73 bits per heavy atom. The van der Waals surface area contributed by atoms with E-state index in [4.69, 9.17) is 9.47 Å². The Morgan fingerprint density at radius 2 is 2.02 bits per heavy atom. The second-order valence-corrected chi connectivity index (χ2v) is 14.2. The van der Waals surface area contributed by atoms with Gasteiger partial charge in [-0.1, -0.05) is 13.8 Å². The van der Waals surface area contributed by atoms with Crippen LogP contribution in [-0.4, -0.2) is 64.5 Å². The van der Waals surface area contributed by atoms with Crippen molar-refractivity contribution in [2.45, 2.75) is 89.2 Å². The molecule has 7 unspecified atom stereocenters. The van der Waals surface area contributed by atoms with E-state index in [1.165, 1.54) is 13.2 Å². The third-order valence-electron chi connectivity index (χ3n) is 12.0. The second kappa shape index (κ2) is 10.2. The Morgan fingerprint density at radius 1 is 1.24 bits per heavy atom. The number of methoxy groups -OCH3 is 1. The van der Waals surface area contributed by atoms with Crippen molar-refractivity contribution >= 4 is 28.8 Å². The minimum Gasteiger partial charge on any atom is -0.497 e. The molecule has 1 aliphatic heterocycles. The molecule has 45 heavy (non-hydrogen) atoms. The molecule has 1 aromatic heterocycles. The largest absolute Gasteiger partial charge is 0.497 e. The molecule has 7 atom stereocenters. The topological polar surface area (TPSA) is 131 Å². The molecular weight excluding hydrogens is 586 g/mol. The van der Waals surface area contributed by atoms with Crippen LogP contribution in [0.15, 0.2) is 23.0 Å². The van der Waals surface area contributed by atoms with E-state index < -0.39 is 35.2 Å². The number of carbonyl (C=O) groups is 3. The molecule has 2 heterocycles. The molecule has 2 amide bonds. The van der Waals surface area contributed by atoms with Crippen molar-refractivity contribution < 1.29 is 32.6 Å². The van der Waals surface area contributed by atoms with Gasteiger partial charge < -0.3 is 24.7 Å². The number of halogens is 2. The summed E-state index contributed by atoms with van der Waals surface area (Å²) in [6, 6.07) is 4.68. The number of aromatic nitrogens is 2. The highest BCUT2D eigenvalue weighted by molar-refractivity contribution is 6.09. The molecule has 4 saturated carbocycles. The molecule has 2 N–H and O–H groups in total. The molecule has 1 aromatic carbocycles. The first kappa shape index (κ1) is 30.1. The lowest BCUT2D eigenvalue weighted by atomic mass is 9.77. The molecule has 5 fully saturated rings. The highest BCUT2D eigenvalue weighted by atomic mass is 19.3. The Labute approximate surface area is 259 Å². The number of Topliss-reactive ketones (excluding diaryl/α,β-unsaturated/α-hetero) is 1. The number of rotatable bonds is 10. The average molecular weight is 627 g/mol. The maximum Gasteiger partial charge on any atom is 0.407 e. The highest BCUT2D eigenvalue weighted by Gasteiger charge is 2.75. The first-order chi connectivity index (χ1) is 21.4. The lowest BCUT2D eigenvalue weighted by molar-refractivity contribution is -0.135. The number of fused-ring (bicyclic) bond motifs is 3. The zero-order valence-corrected chi connectivity index (χ0v) is 25.9. The fourth-order valence-corrected chi connectivity index (χ4v) is 9.06. The fourth-order valence-electron chi connectivity index (χ4n) is 9.06. The van der Waals surface area contributed by atoms with Crippen LogP contribution in [0.1, 0.15) is 77.3 Å². The van der Waals surface area contributed by atoms with Gasteiger partial charge in [0.2, 0.25) is 5.91 Å². The van der Waals surface area contributed by atoms with Crippen molar-refractivity contribution in [1.82, 2.24) is 20.2 Å². The SMILES string of the molecule is CCC1(C)CCN(C(=O)CNC(=O)OC2CC3CC3C23CC3CCCC(F)(F)c2nc3ccc(OC)cc3[nH]c2=O)C12CC2=O. The predicted molar refractivity (Wildman–Crippen MR) is 159 cm³/mol. The number of alkyl halides is 2. The molecule has 0 bridgehead atoms. The number of alkyl carbamates (subject to hydrolysis) is 1. The van der Waals surface area contributed by atoms with E-state index in [0.717, 1.165) is 32.1 Å². The van der Waals surface area contributed by atoms with Crippen LogP contribution in [-0.2, 0) is 20.2 Å². The van der Waals surface area contributed by atoms with Crippen LogP contribution in [0.25, 0.3) is 11.0 Å². The monoisotopic (exact) mass is 626 g/mol. The van der Waals surface area contributed by atoms with E-state index in [1.54, 1.807) is 17.0 Å². The van der Waals surface area contributed by atoms with Crippen LogP contribution in [0.5, 0.6) is 5.75 Å². The number of nitrogens with zero attached hydrogens (tertiary/aromatic N) is 2. The molecule has 10 nitrogen and oxygen atoms in total. The van der Waals surface area contributed by atoms with Crippen molar-refractivity contribution in [2.24, 2.45) is 28.6 Å². The predicted octanol–water partition coefficient (Wildman–Crippen LogP) is 4.69. The van der Waals surface area contributed by atoms with Gasteiger partial charge in [-0.25, -0.2) is 9.78 Å². The molecule has 1 saturated heterocycles. The molecule has 0 radical (unpaired) electrons. The van der Waals surface area contributed by atoms with Gasteiger partial charge in [0.15, 0.2) is 11.5 Å². The second-order valence-electron chi connectivity index (χ2n) is 14.2. The lowest BCUT2D eigenvalue weighted by Gasteiger charge is -2.33. The number of ether oxygens (including phenoxy) is 2.